The fraction of sp³-hybridized carbons (Fsp3) is 0.500. The number of hydrogen-bond acceptors (Lipinski definition) is 4. The van der Waals surface area contributed by atoms with Gasteiger partial charge in [0.25, 0.3) is 0 Å². The Kier molecular flexibility index (Phi) is 5.20. The number of ether oxygens (including phenoxy) is 2. The molecule has 1 fully saturated rings. The van der Waals surface area contributed by atoms with E-state index in [1.807, 2.05) is 64.3 Å². The normalized spacial score (nSPS) is 17.4. The van der Waals surface area contributed by atoms with Crippen LogP contribution in [0.1, 0.15) is 44.2 Å². The Morgan fingerprint density at radius 2 is 2.00 bits per heavy atom. The molecule has 2 heterocycles. The van der Waals surface area contributed by atoms with E-state index >= 15 is 0 Å². The molecule has 0 saturated carbocycles. The molecule has 1 saturated heterocycles. The largest absolute Gasteiger partial charge is 0.472 e. The monoisotopic (exact) mass is 357 g/mol. The van der Waals surface area contributed by atoms with E-state index in [1.54, 1.807) is 9.58 Å². The topological polar surface area (TPSA) is 56.6 Å². The zero-order valence-corrected chi connectivity index (χ0v) is 15.9. The Balaban J connectivity index is 1.65. The lowest BCUT2D eigenvalue weighted by Crippen LogP contribution is -2.35. The van der Waals surface area contributed by atoms with Crippen LogP contribution in [0.2, 0.25) is 0 Å². The lowest BCUT2D eigenvalue weighted by Gasteiger charge is -2.24. The van der Waals surface area contributed by atoms with E-state index in [0.717, 1.165) is 17.5 Å². The van der Waals surface area contributed by atoms with Crippen molar-refractivity contribution in [3.63, 3.8) is 0 Å². The molecule has 0 radical (unpaired) electrons. The van der Waals surface area contributed by atoms with Crippen LogP contribution in [0, 0.1) is 0 Å². The predicted octanol–water partition coefficient (Wildman–Crippen LogP) is 3.72. The number of hydrogen-bond donors (Lipinski definition) is 0. The third-order valence-corrected chi connectivity index (χ3v) is 4.32. The Hall–Kier alpha value is -2.50. The van der Waals surface area contributed by atoms with Gasteiger partial charge in [-0.25, -0.2) is 4.79 Å². The third kappa shape index (κ3) is 4.56. The summed E-state index contributed by atoms with van der Waals surface area (Å²) >= 11 is 0. The minimum absolute atomic E-state index is 0.210. The minimum Gasteiger partial charge on any atom is -0.472 e. The van der Waals surface area contributed by atoms with Crippen LogP contribution >= 0.6 is 0 Å². The van der Waals surface area contributed by atoms with Crippen LogP contribution in [0.5, 0.6) is 5.88 Å². The maximum Gasteiger partial charge on any atom is 0.410 e. The number of carbonyl (C=O) groups is 1. The molecule has 26 heavy (non-hydrogen) atoms. The zero-order chi connectivity index (χ0) is 18.7. The molecule has 6 heteroatoms. The van der Waals surface area contributed by atoms with Gasteiger partial charge in [-0.1, -0.05) is 30.3 Å². The molecule has 0 spiro atoms. The molecule has 1 aromatic heterocycles. The highest BCUT2D eigenvalue weighted by Gasteiger charge is 2.33. The first-order chi connectivity index (χ1) is 12.3. The van der Waals surface area contributed by atoms with Gasteiger partial charge < -0.3 is 14.4 Å². The number of carbonyl (C=O) groups excluding carboxylic acids is 1. The summed E-state index contributed by atoms with van der Waals surface area (Å²) in [6.07, 6.45) is 2.62. The second-order valence-electron chi connectivity index (χ2n) is 7.75. The summed E-state index contributed by atoms with van der Waals surface area (Å²) in [5.74, 6) is 0.856. The standard InChI is InChI=1S/C20H27N3O3/c1-20(2,3)26-19(24)23-11-10-16(12-23)17-13-22(4)21-18(17)25-14-15-8-6-5-7-9-15/h5-9,13,16H,10-12,14H2,1-4H3. The summed E-state index contributed by atoms with van der Waals surface area (Å²) in [6.45, 7) is 7.45. The highest BCUT2D eigenvalue weighted by molar-refractivity contribution is 5.68. The van der Waals surface area contributed by atoms with Gasteiger partial charge in [-0.15, -0.1) is 5.10 Å². The summed E-state index contributed by atoms with van der Waals surface area (Å²) in [7, 11) is 1.89. The van der Waals surface area contributed by atoms with E-state index in [2.05, 4.69) is 5.10 Å². The average Bonchev–Trinajstić information content (AvgIpc) is 3.19. The van der Waals surface area contributed by atoms with Gasteiger partial charge in [0.2, 0.25) is 5.88 Å². The third-order valence-electron chi connectivity index (χ3n) is 4.32. The van der Waals surface area contributed by atoms with Gasteiger partial charge in [0.1, 0.15) is 12.2 Å². The van der Waals surface area contributed by atoms with E-state index in [-0.39, 0.29) is 12.0 Å². The molecular weight excluding hydrogens is 330 g/mol. The number of aromatic nitrogens is 2. The van der Waals surface area contributed by atoms with E-state index in [9.17, 15) is 4.79 Å². The molecule has 3 rings (SSSR count). The van der Waals surface area contributed by atoms with Crippen LogP contribution in [-0.4, -0.2) is 39.5 Å². The SMILES string of the molecule is Cn1cc(C2CCN(C(=O)OC(C)(C)C)C2)c(OCc2ccccc2)n1. The Morgan fingerprint density at radius 3 is 2.69 bits per heavy atom. The smallest absolute Gasteiger partial charge is 0.410 e. The molecule has 140 valence electrons. The molecule has 1 amide bonds. The van der Waals surface area contributed by atoms with E-state index < -0.39 is 5.60 Å². The molecule has 6 nitrogen and oxygen atoms in total. The molecule has 1 aliphatic rings. The van der Waals surface area contributed by atoms with Crippen molar-refractivity contribution in [1.82, 2.24) is 14.7 Å². The van der Waals surface area contributed by atoms with Gasteiger partial charge >= 0.3 is 6.09 Å². The first-order valence-electron chi connectivity index (χ1n) is 9.00. The second-order valence-corrected chi connectivity index (χ2v) is 7.75. The molecule has 0 N–H and O–H groups in total. The molecule has 1 atom stereocenters. The van der Waals surface area contributed by atoms with Crippen LogP contribution in [-0.2, 0) is 18.4 Å². The van der Waals surface area contributed by atoms with Crippen molar-refractivity contribution < 1.29 is 14.3 Å². The summed E-state index contributed by atoms with van der Waals surface area (Å²) in [4.78, 5) is 14.1. The van der Waals surface area contributed by atoms with Gasteiger partial charge in [0.15, 0.2) is 0 Å². The van der Waals surface area contributed by atoms with Gasteiger partial charge in [0.05, 0.1) is 0 Å². The van der Waals surface area contributed by atoms with Crippen LogP contribution in [0.3, 0.4) is 0 Å². The average molecular weight is 357 g/mol. The molecule has 0 bridgehead atoms. The van der Waals surface area contributed by atoms with Crippen molar-refractivity contribution >= 4 is 6.09 Å². The Bertz CT molecular complexity index is 749. The molecule has 1 aromatic carbocycles. The second kappa shape index (κ2) is 7.40. The molecule has 1 aliphatic heterocycles. The minimum atomic E-state index is -0.479. The van der Waals surface area contributed by atoms with Crippen molar-refractivity contribution in [3.05, 3.63) is 47.7 Å². The fourth-order valence-corrected chi connectivity index (χ4v) is 3.11. The van der Waals surface area contributed by atoms with Crippen molar-refractivity contribution in [3.8, 4) is 5.88 Å². The maximum atomic E-state index is 12.3. The van der Waals surface area contributed by atoms with Crippen molar-refractivity contribution in [2.45, 2.75) is 45.3 Å². The Labute approximate surface area is 154 Å². The summed E-state index contributed by atoms with van der Waals surface area (Å²) in [6, 6.07) is 10.0. The number of likely N-dealkylation sites (tertiary alicyclic amines) is 1. The number of aryl methyl sites for hydroxylation is 1. The predicted molar refractivity (Wildman–Crippen MR) is 99.1 cm³/mol. The molecule has 2 aromatic rings. The van der Waals surface area contributed by atoms with Gasteiger partial charge in [-0.2, -0.15) is 0 Å². The summed E-state index contributed by atoms with van der Waals surface area (Å²) < 4.78 is 13.2. The number of rotatable bonds is 4. The summed E-state index contributed by atoms with van der Waals surface area (Å²) in [5.41, 5.74) is 1.67. The van der Waals surface area contributed by atoms with Gasteiger partial charge in [-0.3, -0.25) is 4.68 Å². The van der Waals surface area contributed by atoms with Crippen molar-refractivity contribution in [2.75, 3.05) is 13.1 Å². The number of amides is 1. The van der Waals surface area contributed by atoms with E-state index in [1.165, 1.54) is 0 Å². The van der Waals surface area contributed by atoms with Crippen molar-refractivity contribution in [1.29, 1.82) is 0 Å². The zero-order valence-electron chi connectivity index (χ0n) is 15.9. The molecular formula is C20H27N3O3. The van der Waals surface area contributed by atoms with Crippen LogP contribution in [0.25, 0.3) is 0 Å². The first kappa shape index (κ1) is 18.3. The van der Waals surface area contributed by atoms with Crippen LogP contribution < -0.4 is 4.74 Å². The van der Waals surface area contributed by atoms with E-state index in [0.29, 0.717) is 25.6 Å². The van der Waals surface area contributed by atoms with Gasteiger partial charge in [-0.05, 0) is 32.8 Å². The Morgan fingerprint density at radius 1 is 1.27 bits per heavy atom. The number of benzene rings is 1. The lowest BCUT2D eigenvalue weighted by atomic mass is 10.0. The maximum absolute atomic E-state index is 12.3. The van der Waals surface area contributed by atoms with Crippen LogP contribution in [0.15, 0.2) is 36.5 Å². The summed E-state index contributed by atoms with van der Waals surface area (Å²) in [5, 5.41) is 4.46. The van der Waals surface area contributed by atoms with E-state index in [4.69, 9.17) is 9.47 Å². The van der Waals surface area contributed by atoms with Crippen molar-refractivity contribution in [2.24, 2.45) is 7.05 Å². The molecule has 0 aliphatic carbocycles. The van der Waals surface area contributed by atoms with Crippen LogP contribution in [0.4, 0.5) is 4.79 Å². The fourth-order valence-electron chi connectivity index (χ4n) is 3.11. The number of nitrogens with zero attached hydrogens (tertiary/aromatic N) is 3. The first-order valence-corrected chi connectivity index (χ1v) is 9.00. The highest BCUT2D eigenvalue weighted by Crippen LogP contribution is 2.33. The molecule has 1 unspecified atom stereocenters. The van der Waals surface area contributed by atoms with Gasteiger partial charge in [0, 0.05) is 37.8 Å². The lowest BCUT2D eigenvalue weighted by molar-refractivity contribution is 0.0292. The quantitative estimate of drug-likeness (QED) is 0.837. The highest BCUT2D eigenvalue weighted by atomic mass is 16.6.